The van der Waals surface area contributed by atoms with Crippen LogP contribution in [-0.4, -0.2) is 38.0 Å². The van der Waals surface area contributed by atoms with E-state index < -0.39 is 17.7 Å². The first-order chi connectivity index (χ1) is 18.8. The summed E-state index contributed by atoms with van der Waals surface area (Å²) in [7, 11) is 1.87. The highest BCUT2D eigenvalue weighted by atomic mass is 19.1. The highest BCUT2D eigenvalue weighted by molar-refractivity contribution is 5.99. The summed E-state index contributed by atoms with van der Waals surface area (Å²) in [5, 5.41) is 9.25. The zero-order chi connectivity index (χ0) is 27.0. The van der Waals surface area contributed by atoms with Gasteiger partial charge in [0.15, 0.2) is 0 Å². The van der Waals surface area contributed by atoms with Crippen molar-refractivity contribution in [3.05, 3.63) is 88.2 Å². The van der Waals surface area contributed by atoms with Gasteiger partial charge in [0, 0.05) is 19.2 Å². The Morgan fingerprint density at radius 3 is 2.56 bits per heavy atom. The first-order valence-electron chi connectivity index (χ1n) is 13.7. The number of carbonyl (C=O) groups excluding carboxylic acids is 1. The lowest BCUT2D eigenvalue weighted by molar-refractivity contribution is -0.138. The van der Waals surface area contributed by atoms with Gasteiger partial charge in [-0.2, -0.15) is 0 Å². The second-order valence-corrected chi connectivity index (χ2v) is 11.4. The highest BCUT2D eigenvalue weighted by Gasteiger charge is 2.44. The number of imidazole rings is 1. The number of aryl methyl sites for hydroxylation is 1. The minimum absolute atomic E-state index is 0.00979. The Hall–Kier alpha value is -4.00. The van der Waals surface area contributed by atoms with Crippen LogP contribution < -0.4 is 0 Å². The molecule has 3 aromatic carbocycles. The molecule has 0 spiro atoms. The van der Waals surface area contributed by atoms with Gasteiger partial charge in [-0.3, -0.25) is 9.59 Å². The van der Waals surface area contributed by atoms with Gasteiger partial charge in [0.05, 0.1) is 28.6 Å². The van der Waals surface area contributed by atoms with E-state index in [-0.39, 0.29) is 17.9 Å². The summed E-state index contributed by atoms with van der Waals surface area (Å²) in [5.74, 6) is -0.932. The molecular weight excluding hydrogens is 493 g/mol. The SMILES string of the molecule is C[C@@H]1c2ccccc2CCN1C(=O)c1cc(C2CC2)c2nc(-c3ccc([C@@H]4C[C@H]4C(=O)O)cc3F)n(C)c2c1. The van der Waals surface area contributed by atoms with E-state index in [1.165, 1.54) is 17.2 Å². The number of aromatic nitrogens is 2. The summed E-state index contributed by atoms with van der Waals surface area (Å²) in [6, 6.07) is 17.2. The lowest BCUT2D eigenvalue weighted by atomic mass is 9.92. The number of benzene rings is 3. The van der Waals surface area contributed by atoms with E-state index in [2.05, 4.69) is 19.1 Å². The Morgan fingerprint density at radius 2 is 1.85 bits per heavy atom. The van der Waals surface area contributed by atoms with E-state index in [0.717, 1.165) is 35.9 Å². The molecule has 2 heterocycles. The third-order valence-electron chi connectivity index (χ3n) is 8.91. The zero-order valence-corrected chi connectivity index (χ0v) is 22.0. The van der Waals surface area contributed by atoms with Gasteiger partial charge in [-0.1, -0.05) is 30.3 Å². The number of nitrogens with zero attached hydrogens (tertiary/aromatic N) is 3. The van der Waals surface area contributed by atoms with E-state index >= 15 is 4.39 Å². The number of aliphatic carboxylic acids is 1. The lowest BCUT2D eigenvalue weighted by Gasteiger charge is -2.35. The molecule has 0 bridgehead atoms. The van der Waals surface area contributed by atoms with Crippen molar-refractivity contribution in [1.29, 1.82) is 0 Å². The van der Waals surface area contributed by atoms with E-state index in [1.807, 2.05) is 46.8 Å². The van der Waals surface area contributed by atoms with Gasteiger partial charge in [-0.25, -0.2) is 9.37 Å². The van der Waals surface area contributed by atoms with Gasteiger partial charge < -0.3 is 14.6 Å². The van der Waals surface area contributed by atoms with Crippen LogP contribution in [0.5, 0.6) is 0 Å². The molecule has 0 unspecified atom stereocenters. The van der Waals surface area contributed by atoms with E-state index in [0.29, 0.717) is 41.4 Å². The number of halogens is 1. The molecule has 0 saturated heterocycles. The smallest absolute Gasteiger partial charge is 0.307 e. The monoisotopic (exact) mass is 523 g/mol. The van der Waals surface area contributed by atoms with Crippen molar-refractivity contribution >= 4 is 22.9 Å². The lowest BCUT2D eigenvalue weighted by Crippen LogP contribution is -2.38. The van der Waals surface area contributed by atoms with Gasteiger partial charge in [0.25, 0.3) is 5.91 Å². The van der Waals surface area contributed by atoms with Gasteiger partial charge >= 0.3 is 5.97 Å². The maximum absolute atomic E-state index is 15.4. The summed E-state index contributed by atoms with van der Waals surface area (Å²) >= 11 is 0. The molecule has 1 aliphatic heterocycles. The number of rotatable bonds is 5. The molecule has 7 heteroatoms. The van der Waals surface area contributed by atoms with E-state index in [9.17, 15) is 14.7 Å². The number of carbonyl (C=O) groups is 2. The van der Waals surface area contributed by atoms with Crippen molar-refractivity contribution in [3.63, 3.8) is 0 Å². The predicted octanol–water partition coefficient (Wildman–Crippen LogP) is 6.20. The fraction of sp³-hybridized carbons (Fsp3) is 0.344. The first kappa shape index (κ1) is 24.1. The van der Waals surface area contributed by atoms with Crippen molar-refractivity contribution in [3.8, 4) is 11.4 Å². The largest absolute Gasteiger partial charge is 0.481 e. The van der Waals surface area contributed by atoms with Gasteiger partial charge in [0.1, 0.15) is 11.6 Å². The number of hydrogen-bond donors (Lipinski definition) is 1. The molecule has 39 heavy (non-hydrogen) atoms. The Kier molecular flexibility index (Phi) is 5.41. The molecular formula is C32H30FN3O3. The molecule has 2 aliphatic carbocycles. The second kappa shape index (κ2) is 8.76. The van der Waals surface area contributed by atoms with Crippen molar-refractivity contribution in [2.75, 3.05) is 6.54 Å². The third-order valence-corrected chi connectivity index (χ3v) is 8.91. The van der Waals surface area contributed by atoms with Crippen molar-refractivity contribution in [2.24, 2.45) is 13.0 Å². The van der Waals surface area contributed by atoms with Crippen LogP contribution in [0.1, 0.15) is 76.7 Å². The molecule has 4 aromatic rings. The van der Waals surface area contributed by atoms with Crippen LogP contribution in [0, 0.1) is 11.7 Å². The van der Waals surface area contributed by atoms with Crippen LogP contribution in [0.25, 0.3) is 22.4 Å². The Morgan fingerprint density at radius 1 is 1.05 bits per heavy atom. The maximum atomic E-state index is 15.4. The Labute approximate surface area is 226 Å². The fourth-order valence-electron chi connectivity index (χ4n) is 6.38. The van der Waals surface area contributed by atoms with E-state index in [4.69, 9.17) is 4.98 Å². The van der Waals surface area contributed by atoms with Crippen molar-refractivity contribution < 1.29 is 19.1 Å². The standard InChI is InChI=1S/C32H30FN3O3/c1-17-22-6-4-3-5-18(22)11-12-36(17)31(37)21-13-25(19-7-8-19)29-28(15-21)35(2)30(34-29)23-10-9-20(14-27(23)33)24-16-26(24)32(38)39/h3-6,9-10,13-15,17,19,24,26H,7-8,11-12,16H2,1-2H3,(H,38,39)/t17-,24+,26-/m1/s1. The van der Waals surface area contributed by atoms with Gasteiger partial charge in [-0.05, 0) is 91.0 Å². The third kappa shape index (κ3) is 3.94. The van der Waals surface area contributed by atoms with Crippen LogP contribution in [0.15, 0.2) is 54.6 Å². The van der Waals surface area contributed by atoms with Gasteiger partial charge in [-0.15, -0.1) is 0 Å². The normalized spacial score (nSPS) is 22.1. The molecule has 7 rings (SSSR count). The number of fused-ring (bicyclic) bond motifs is 2. The Balaban J connectivity index is 1.27. The molecule has 0 radical (unpaired) electrons. The average Bonchev–Trinajstić information content (AvgIpc) is 3.86. The topological polar surface area (TPSA) is 75.4 Å². The average molecular weight is 524 g/mol. The molecule has 2 fully saturated rings. The summed E-state index contributed by atoms with van der Waals surface area (Å²) in [5.41, 5.74) is 6.93. The van der Waals surface area contributed by atoms with Crippen LogP contribution >= 0.6 is 0 Å². The van der Waals surface area contributed by atoms with Crippen LogP contribution in [0.4, 0.5) is 4.39 Å². The summed E-state index contributed by atoms with van der Waals surface area (Å²) in [4.78, 5) is 32.0. The maximum Gasteiger partial charge on any atom is 0.307 e. The molecule has 1 aromatic heterocycles. The fourth-order valence-corrected chi connectivity index (χ4v) is 6.38. The highest BCUT2D eigenvalue weighted by Crippen LogP contribution is 2.48. The number of hydrogen-bond acceptors (Lipinski definition) is 3. The summed E-state index contributed by atoms with van der Waals surface area (Å²) < 4.78 is 17.3. The van der Waals surface area contributed by atoms with Crippen LogP contribution in [0.3, 0.4) is 0 Å². The van der Waals surface area contributed by atoms with Crippen molar-refractivity contribution in [2.45, 2.75) is 50.5 Å². The summed E-state index contributed by atoms with van der Waals surface area (Å²) in [6.45, 7) is 2.76. The molecule has 1 amide bonds. The second-order valence-electron chi connectivity index (χ2n) is 11.4. The number of amides is 1. The molecule has 198 valence electrons. The molecule has 6 nitrogen and oxygen atoms in total. The van der Waals surface area contributed by atoms with Crippen LogP contribution in [0.2, 0.25) is 0 Å². The summed E-state index contributed by atoms with van der Waals surface area (Å²) in [6.07, 6.45) is 3.50. The van der Waals surface area contributed by atoms with Crippen molar-refractivity contribution in [1.82, 2.24) is 14.5 Å². The molecule has 2 saturated carbocycles. The van der Waals surface area contributed by atoms with E-state index in [1.54, 1.807) is 6.07 Å². The number of carboxylic acid groups (broad SMARTS) is 1. The molecule has 3 aliphatic rings. The number of carboxylic acids is 1. The van der Waals surface area contributed by atoms with Crippen LogP contribution in [-0.2, 0) is 18.3 Å². The molecule has 1 N–H and O–H groups in total. The zero-order valence-electron chi connectivity index (χ0n) is 22.0. The van der Waals surface area contributed by atoms with Gasteiger partial charge in [0.2, 0.25) is 0 Å². The minimum atomic E-state index is -0.832. The first-order valence-corrected chi connectivity index (χ1v) is 13.7. The predicted molar refractivity (Wildman–Crippen MR) is 146 cm³/mol. The molecule has 3 atom stereocenters. The minimum Gasteiger partial charge on any atom is -0.481 e. The Bertz CT molecular complexity index is 1670. The quantitative estimate of drug-likeness (QED) is 0.338.